The number of methoxy groups -OCH3 is 1. The molecule has 0 bridgehead atoms. The molecule has 0 spiro atoms. The van der Waals surface area contributed by atoms with E-state index in [1.165, 1.54) is 11.1 Å². The largest absolute Gasteiger partial charge is 0.495 e. The Hall–Kier alpha value is -1.07. The average Bonchev–Trinajstić information content (AvgIpc) is 2.87. The van der Waals surface area contributed by atoms with Crippen LogP contribution in [0, 0.1) is 26.7 Å². The quantitative estimate of drug-likeness (QED) is 0.886. The van der Waals surface area contributed by atoms with Crippen molar-refractivity contribution in [3.63, 3.8) is 0 Å². The molecule has 1 aromatic rings. The number of rotatable bonds is 3. The van der Waals surface area contributed by atoms with Crippen LogP contribution in [0.1, 0.15) is 34.7 Å². The van der Waals surface area contributed by atoms with Gasteiger partial charge in [-0.1, -0.05) is 0 Å². The van der Waals surface area contributed by atoms with E-state index in [0.29, 0.717) is 13.0 Å². The number of hydrogen-bond donors (Lipinski definition) is 2. The first-order valence-electron chi connectivity index (χ1n) is 6.67. The Bertz CT molecular complexity index is 528. The minimum atomic E-state index is -0.723. The zero-order valence-electron chi connectivity index (χ0n) is 12.2. The molecule has 0 radical (unpaired) electrons. The van der Waals surface area contributed by atoms with Crippen LogP contribution in [0.15, 0.2) is 4.47 Å². The molecule has 0 saturated carbocycles. The van der Waals surface area contributed by atoms with Crippen LogP contribution in [-0.4, -0.2) is 24.7 Å². The van der Waals surface area contributed by atoms with E-state index in [9.17, 15) is 4.79 Å². The Morgan fingerprint density at radius 3 is 2.45 bits per heavy atom. The Morgan fingerprint density at radius 2 is 1.95 bits per heavy atom. The molecule has 0 aliphatic carbocycles. The van der Waals surface area contributed by atoms with Gasteiger partial charge in [0.1, 0.15) is 5.75 Å². The van der Waals surface area contributed by atoms with Crippen LogP contribution in [0.2, 0.25) is 0 Å². The molecular formula is C15H20BrNO3. The number of aliphatic carboxylic acids is 1. The maximum Gasteiger partial charge on any atom is 0.307 e. The molecule has 2 rings (SSSR count). The molecule has 1 fully saturated rings. The summed E-state index contributed by atoms with van der Waals surface area (Å²) in [5.41, 5.74) is 4.58. The lowest BCUT2D eigenvalue weighted by Crippen LogP contribution is -2.18. The Labute approximate surface area is 127 Å². The normalized spacial score (nSPS) is 22.1. The molecule has 2 atom stereocenters. The molecule has 0 amide bonds. The minimum absolute atomic E-state index is 0.0945. The third-order valence-electron chi connectivity index (χ3n) is 4.27. The molecule has 1 heterocycles. The summed E-state index contributed by atoms with van der Waals surface area (Å²) < 4.78 is 6.41. The van der Waals surface area contributed by atoms with Crippen molar-refractivity contribution in [2.75, 3.05) is 13.7 Å². The summed E-state index contributed by atoms with van der Waals surface area (Å²) in [6, 6.07) is 0.0945. The summed E-state index contributed by atoms with van der Waals surface area (Å²) in [6.45, 7) is 6.68. The van der Waals surface area contributed by atoms with E-state index in [2.05, 4.69) is 28.2 Å². The highest BCUT2D eigenvalue weighted by molar-refractivity contribution is 9.10. The zero-order valence-corrected chi connectivity index (χ0v) is 13.8. The minimum Gasteiger partial charge on any atom is -0.495 e. The molecule has 2 unspecified atom stereocenters. The predicted octanol–water partition coefficient (Wildman–Crippen LogP) is 3.12. The maximum atomic E-state index is 11.1. The highest BCUT2D eigenvalue weighted by Crippen LogP contribution is 2.41. The fourth-order valence-corrected chi connectivity index (χ4v) is 3.69. The summed E-state index contributed by atoms with van der Waals surface area (Å²) in [6.07, 6.45) is 0.634. The molecule has 2 N–H and O–H groups in total. The van der Waals surface area contributed by atoms with Gasteiger partial charge in [-0.25, -0.2) is 0 Å². The Morgan fingerprint density at radius 1 is 1.30 bits per heavy atom. The summed E-state index contributed by atoms with van der Waals surface area (Å²) in [7, 11) is 1.67. The van der Waals surface area contributed by atoms with Gasteiger partial charge in [-0.05, 0) is 65.4 Å². The lowest BCUT2D eigenvalue weighted by atomic mass is 9.90. The van der Waals surface area contributed by atoms with E-state index in [-0.39, 0.29) is 12.0 Å². The van der Waals surface area contributed by atoms with E-state index < -0.39 is 5.97 Å². The Kier molecular flexibility index (Phi) is 4.39. The van der Waals surface area contributed by atoms with E-state index in [1.807, 2.05) is 13.8 Å². The van der Waals surface area contributed by atoms with Crippen molar-refractivity contribution in [1.82, 2.24) is 5.32 Å². The highest BCUT2D eigenvalue weighted by atomic mass is 79.9. The van der Waals surface area contributed by atoms with Gasteiger partial charge in [0.25, 0.3) is 0 Å². The summed E-state index contributed by atoms with van der Waals surface area (Å²) in [4.78, 5) is 11.1. The molecule has 110 valence electrons. The summed E-state index contributed by atoms with van der Waals surface area (Å²) in [5.74, 6) is -0.170. The number of carboxylic acid groups (broad SMARTS) is 1. The van der Waals surface area contributed by atoms with Crippen LogP contribution in [0.5, 0.6) is 5.75 Å². The van der Waals surface area contributed by atoms with Crippen LogP contribution < -0.4 is 10.1 Å². The van der Waals surface area contributed by atoms with Crippen LogP contribution in [-0.2, 0) is 4.79 Å². The number of halogens is 1. The molecule has 5 heteroatoms. The lowest BCUT2D eigenvalue weighted by molar-refractivity contribution is -0.141. The number of benzene rings is 1. The van der Waals surface area contributed by atoms with Gasteiger partial charge >= 0.3 is 5.97 Å². The van der Waals surface area contributed by atoms with Gasteiger partial charge < -0.3 is 15.2 Å². The smallest absolute Gasteiger partial charge is 0.307 e. The van der Waals surface area contributed by atoms with E-state index in [4.69, 9.17) is 9.84 Å². The molecule has 1 aromatic carbocycles. The first-order valence-corrected chi connectivity index (χ1v) is 7.47. The number of carboxylic acids is 1. The maximum absolute atomic E-state index is 11.1. The van der Waals surface area contributed by atoms with Gasteiger partial charge in [0.05, 0.1) is 17.5 Å². The molecule has 4 nitrogen and oxygen atoms in total. The number of ether oxygens (including phenoxy) is 1. The van der Waals surface area contributed by atoms with Gasteiger partial charge in [0.2, 0.25) is 0 Å². The zero-order chi connectivity index (χ0) is 15.0. The van der Waals surface area contributed by atoms with E-state index >= 15 is 0 Å². The molecule has 1 aliphatic rings. The van der Waals surface area contributed by atoms with E-state index in [0.717, 1.165) is 21.3 Å². The third-order valence-corrected chi connectivity index (χ3v) is 5.23. The lowest BCUT2D eigenvalue weighted by Gasteiger charge is -2.22. The van der Waals surface area contributed by atoms with Crippen molar-refractivity contribution >= 4 is 21.9 Å². The highest BCUT2D eigenvalue weighted by Gasteiger charge is 2.33. The van der Waals surface area contributed by atoms with Crippen molar-refractivity contribution in [3.8, 4) is 5.75 Å². The van der Waals surface area contributed by atoms with Gasteiger partial charge in [0.15, 0.2) is 0 Å². The van der Waals surface area contributed by atoms with Crippen molar-refractivity contribution in [1.29, 1.82) is 0 Å². The van der Waals surface area contributed by atoms with Gasteiger partial charge in [-0.15, -0.1) is 0 Å². The fourth-order valence-electron chi connectivity index (χ4n) is 3.02. The van der Waals surface area contributed by atoms with Crippen LogP contribution >= 0.6 is 15.9 Å². The van der Waals surface area contributed by atoms with Crippen molar-refractivity contribution in [2.45, 2.75) is 33.2 Å². The topological polar surface area (TPSA) is 58.6 Å². The van der Waals surface area contributed by atoms with E-state index in [1.54, 1.807) is 7.11 Å². The molecule has 1 saturated heterocycles. The van der Waals surface area contributed by atoms with Crippen molar-refractivity contribution in [3.05, 3.63) is 26.7 Å². The predicted molar refractivity (Wildman–Crippen MR) is 81.4 cm³/mol. The summed E-state index contributed by atoms with van der Waals surface area (Å²) >= 11 is 3.60. The number of carbonyl (C=O) groups is 1. The van der Waals surface area contributed by atoms with Gasteiger partial charge in [-0.2, -0.15) is 0 Å². The second-order valence-corrected chi connectivity index (χ2v) is 6.16. The van der Waals surface area contributed by atoms with Crippen molar-refractivity contribution in [2.24, 2.45) is 5.92 Å². The van der Waals surface area contributed by atoms with Crippen LogP contribution in [0.4, 0.5) is 0 Å². The third kappa shape index (κ3) is 2.44. The summed E-state index contributed by atoms with van der Waals surface area (Å²) in [5, 5.41) is 12.5. The second kappa shape index (κ2) is 5.74. The molecule has 0 aromatic heterocycles. The SMILES string of the molecule is COc1c(C)c(C)c(C2CC(C(=O)O)CN2)c(C)c1Br. The first-order chi connectivity index (χ1) is 9.38. The molecular weight excluding hydrogens is 322 g/mol. The number of hydrogen-bond acceptors (Lipinski definition) is 3. The number of nitrogens with one attached hydrogen (secondary N) is 1. The van der Waals surface area contributed by atoms with Gasteiger partial charge in [-0.3, -0.25) is 4.79 Å². The second-order valence-electron chi connectivity index (χ2n) is 5.37. The average molecular weight is 342 g/mol. The van der Waals surface area contributed by atoms with Crippen LogP contribution in [0.3, 0.4) is 0 Å². The van der Waals surface area contributed by atoms with Gasteiger partial charge in [0, 0.05) is 12.6 Å². The monoisotopic (exact) mass is 341 g/mol. The van der Waals surface area contributed by atoms with Crippen LogP contribution in [0.25, 0.3) is 0 Å². The molecule has 1 aliphatic heterocycles. The Balaban J connectivity index is 2.46. The van der Waals surface area contributed by atoms with Crippen molar-refractivity contribution < 1.29 is 14.6 Å². The fraction of sp³-hybridized carbons (Fsp3) is 0.533. The standard InChI is InChI=1S/C15H20BrNO3/c1-7-8(2)14(20-4)13(16)9(3)12(7)11-5-10(6-17-11)15(18)19/h10-11,17H,5-6H2,1-4H3,(H,18,19). The molecule has 20 heavy (non-hydrogen) atoms. The first kappa shape index (κ1) is 15.3.